The van der Waals surface area contributed by atoms with Crippen LogP contribution < -0.4 is 0 Å². The maximum Gasteiger partial charge on any atom is 0.356 e. The zero-order valence-electron chi connectivity index (χ0n) is 11.0. The highest BCUT2D eigenvalue weighted by Gasteiger charge is 2.18. The van der Waals surface area contributed by atoms with Crippen LogP contribution in [-0.2, 0) is 0 Å². The van der Waals surface area contributed by atoms with Gasteiger partial charge in [-0.25, -0.2) is 13.9 Å². The fourth-order valence-corrected chi connectivity index (χ4v) is 2.01. The van der Waals surface area contributed by atoms with Crippen LogP contribution in [0, 0.1) is 17.1 Å². The fourth-order valence-electron chi connectivity index (χ4n) is 2.01. The number of aromatic carboxylic acids is 1. The van der Waals surface area contributed by atoms with Crippen molar-refractivity contribution in [2.24, 2.45) is 0 Å². The molecule has 0 aliphatic carbocycles. The lowest BCUT2D eigenvalue weighted by molar-refractivity contribution is 0.0690. The van der Waals surface area contributed by atoms with Crippen LogP contribution in [0.4, 0.5) is 4.39 Å². The topological polar surface area (TPSA) is 92.0 Å². The zero-order valence-corrected chi connectivity index (χ0v) is 11.0. The fraction of sp³-hybridized carbons (Fsp3) is 0. The first-order chi connectivity index (χ1) is 10.6. The molecule has 3 aromatic rings. The summed E-state index contributed by atoms with van der Waals surface area (Å²) in [6.07, 6.45) is 1.44. The summed E-state index contributed by atoms with van der Waals surface area (Å²) in [5, 5.41) is 22.0. The first kappa shape index (κ1) is 13.6. The van der Waals surface area contributed by atoms with Gasteiger partial charge in [-0.05, 0) is 30.3 Å². The monoisotopic (exact) mass is 297 g/mol. The summed E-state index contributed by atoms with van der Waals surface area (Å²) < 4.78 is 20.0. The average molecular weight is 297 g/mol. The number of hydrogen-bond acceptors (Lipinski definition) is 4. The van der Waals surface area contributed by atoms with Gasteiger partial charge in [0.2, 0.25) is 0 Å². The summed E-state index contributed by atoms with van der Waals surface area (Å²) in [7, 11) is 0. The number of halogens is 1. The van der Waals surface area contributed by atoms with Crippen molar-refractivity contribution in [3.63, 3.8) is 0 Å². The second-order valence-corrected chi connectivity index (χ2v) is 4.39. The maximum absolute atomic E-state index is 13.4. The molecule has 0 bridgehead atoms. The molecule has 1 aromatic carbocycles. The number of nitrogens with zero attached hydrogens (tertiary/aromatic N) is 3. The van der Waals surface area contributed by atoms with Crippen molar-refractivity contribution >= 4 is 5.97 Å². The second-order valence-electron chi connectivity index (χ2n) is 4.39. The first-order valence-electron chi connectivity index (χ1n) is 6.17. The lowest BCUT2D eigenvalue weighted by Crippen LogP contribution is -2.03. The molecule has 0 fully saturated rings. The van der Waals surface area contributed by atoms with E-state index in [1.54, 1.807) is 18.2 Å². The predicted molar refractivity (Wildman–Crippen MR) is 72.9 cm³/mol. The highest BCUT2D eigenvalue weighted by molar-refractivity contribution is 5.87. The molecule has 0 amide bonds. The lowest BCUT2D eigenvalue weighted by atomic mass is 10.2. The van der Waals surface area contributed by atoms with Crippen LogP contribution >= 0.6 is 0 Å². The molecule has 6 nitrogen and oxygen atoms in total. The Morgan fingerprint density at radius 1 is 1.36 bits per heavy atom. The van der Waals surface area contributed by atoms with E-state index >= 15 is 0 Å². The van der Waals surface area contributed by atoms with Gasteiger partial charge in [-0.2, -0.15) is 10.4 Å². The van der Waals surface area contributed by atoms with E-state index in [9.17, 15) is 9.18 Å². The maximum atomic E-state index is 13.4. The van der Waals surface area contributed by atoms with E-state index < -0.39 is 11.8 Å². The Morgan fingerprint density at radius 2 is 2.18 bits per heavy atom. The molecule has 2 heterocycles. The quantitative estimate of drug-likeness (QED) is 0.802. The Morgan fingerprint density at radius 3 is 2.82 bits per heavy atom. The van der Waals surface area contributed by atoms with Gasteiger partial charge in [0, 0.05) is 6.07 Å². The summed E-state index contributed by atoms with van der Waals surface area (Å²) in [4.78, 5) is 11.1. The van der Waals surface area contributed by atoms with Crippen LogP contribution in [0.1, 0.15) is 16.1 Å². The number of rotatable bonds is 3. The minimum Gasteiger partial charge on any atom is -0.476 e. The standard InChI is InChI=1S/C15H8FN3O3/c16-11-4-3-10(6-9(11)8-17)19-13(14-2-1-5-22-14)7-12(18-19)15(20)21/h1-7H,(H,20,21). The van der Waals surface area contributed by atoms with Crippen LogP contribution in [0.3, 0.4) is 0 Å². The Labute approximate surface area is 123 Å². The third-order valence-corrected chi connectivity index (χ3v) is 3.02. The van der Waals surface area contributed by atoms with E-state index in [-0.39, 0.29) is 11.3 Å². The Balaban J connectivity index is 2.22. The number of carboxylic acids is 1. The van der Waals surface area contributed by atoms with Crippen LogP contribution in [-0.4, -0.2) is 20.9 Å². The molecule has 3 rings (SSSR count). The van der Waals surface area contributed by atoms with Crippen molar-refractivity contribution in [1.82, 2.24) is 9.78 Å². The molecule has 108 valence electrons. The number of furan rings is 1. The van der Waals surface area contributed by atoms with E-state index in [4.69, 9.17) is 14.8 Å². The molecule has 1 N–H and O–H groups in total. The normalized spacial score (nSPS) is 10.4. The number of benzene rings is 1. The molecular formula is C15H8FN3O3. The smallest absolute Gasteiger partial charge is 0.356 e. The Kier molecular flexibility index (Phi) is 3.20. The minimum atomic E-state index is -1.20. The van der Waals surface area contributed by atoms with Gasteiger partial charge in [0.05, 0.1) is 17.5 Å². The molecule has 0 unspecified atom stereocenters. The summed E-state index contributed by atoms with van der Waals surface area (Å²) in [6, 6.07) is 10.2. The van der Waals surface area contributed by atoms with Crippen LogP contribution in [0.5, 0.6) is 0 Å². The molecule has 0 saturated heterocycles. The number of carbonyl (C=O) groups is 1. The van der Waals surface area contributed by atoms with Gasteiger partial charge >= 0.3 is 5.97 Å². The van der Waals surface area contributed by atoms with E-state index in [1.807, 2.05) is 0 Å². The van der Waals surface area contributed by atoms with E-state index in [2.05, 4.69) is 5.10 Å². The van der Waals surface area contributed by atoms with Crippen LogP contribution in [0.2, 0.25) is 0 Å². The van der Waals surface area contributed by atoms with Gasteiger partial charge in [-0.1, -0.05) is 0 Å². The molecule has 7 heteroatoms. The minimum absolute atomic E-state index is 0.157. The second kappa shape index (κ2) is 5.18. The zero-order chi connectivity index (χ0) is 15.7. The lowest BCUT2D eigenvalue weighted by Gasteiger charge is -2.06. The van der Waals surface area contributed by atoms with Crippen molar-refractivity contribution in [3.05, 3.63) is 59.7 Å². The van der Waals surface area contributed by atoms with Crippen molar-refractivity contribution in [2.75, 3.05) is 0 Å². The molecule has 0 atom stereocenters. The molecule has 0 saturated carbocycles. The van der Waals surface area contributed by atoms with Gasteiger partial charge in [0.25, 0.3) is 0 Å². The number of aromatic nitrogens is 2. The van der Waals surface area contributed by atoms with Gasteiger partial charge < -0.3 is 9.52 Å². The average Bonchev–Trinajstić information content (AvgIpc) is 3.16. The molecule has 0 spiro atoms. The van der Waals surface area contributed by atoms with Crippen molar-refractivity contribution < 1.29 is 18.7 Å². The number of hydrogen-bond donors (Lipinski definition) is 1. The van der Waals surface area contributed by atoms with E-state index in [0.29, 0.717) is 17.1 Å². The van der Waals surface area contributed by atoms with Crippen molar-refractivity contribution in [1.29, 1.82) is 5.26 Å². The van der Waals surface area contributed by atoms with Gasteiger partial charge in [0.1, 0.15) is 17.6 Å². The summed E-state index contributed by atoms with van der Waals surface area (Å²) in [6.45, 7) is 0. The first-order valence-corrected chi connectivity index (χ1v) is 6.17. The number of nitriles is 1. The third kappa shape index (κ3) is 2.23. The SMILES string of the molecule is N#Cc1cc(-n2nc(C(=O)O)cc2-c2ccco2)ccc1F. The predicted octanol–water partition coefficient (Wildman–Crippen LogP) is 2.84. The van der Waals surface area contributed by atoms with Gasteiger partial charge in [-0.3, -0.25) is 0 Å². The highest BCUT2D eigenvalue weighted by atomic mass is 19.1. The van der Waals surface area contributed by atoms with E-state index in [1.165, 1.54) is 29.1 Å². The summed E-state index contributed by atoms with van der Waals surface area (Å²) >= 11 is 0. The van der Waals surface area contributed by atoms with Crippen molar-refractivity contribution in [2.45, 2.75) is 0 Å². The largest absolute Gasteiger partial charge is 0.476 e. The third-order valence-electron chi connectivity index (χ3n) is 3.02. The van der Waals surface area contributed by atoms with Crippen LogP contribution in [0.25, 0.3) is 17.1 Å². The molecule has 0 aliphatic heterocycles. The van der Waals surface area contributed by atoms with Crippen LogP contribution in [0.15, 0.2) is 47.1 Å². The molecular weight excluding hydrogens is 289 g/mol. The Bertz CT molecular complexity index is 891. The summed E-state index contributed by atoms with van der Waals surface area (Å²) in [5.74, 6) is -1.45. The van der Waals surface area contributed by atoms with E-state index in [0.717, 1.165) is 6.07 Å². The summed E-state index contributed by atoms with van der Waals surface area (Å²) in [5.41, 5.74) is 0.402. The molecule has 22 heavy (non-hydrogen) atoms. The molecule has 2 aromatic heterocycles. The highest BCUT2D eigenvalue weighted by Crippen LogP contribution is 2.25. The Hall–Kier alpha value is -3.40. The van der Waals surface area contributed by atoms with Gasteiger partial charge in [-0.15, -0.1) is 0 Å². The van der Waals surface area contributed by atoms with Crippen molar-refractivity contribution in [3.8, 4) is 23.2 Å². The molecule has 0 aliphatic rings. The molecule has 0 radical (unpaired) electrons. The number of carboxylic acid groups (broad SMARTS) is 1. The van der Waals surface area contributed by atoms with Gasteiger partial charge in [0.15, 0.2) is 11.5 Å².